The average molecular weight is 469 g/mol. The van der Waals surface area contributed by atoms with Gasteiger partial charge in [0.2, 0.25) is 0 Å². The summed E-state index contributed by atoms with van der Waals surface area (Å²) in [5.74, 6) is 0.563. The summed E-state index contributed by atoms with van der Waals surface area (Å²) >= 11 is 6.04. The summed E-state index contributed by atoms with van der Waals surface area (Å²) in [6.07, 6.45) is 3.89. The predicted molar refractivity (Wildman–Crippen MR) is 128 cm³/mol. The maximum absolute atomic E-state index is 12.6. The molecule has 2 heterocycles. The standard InChI is InChI=1S/C25H29ClN4O3/c1-29(21-9-13-32-14-10-21)12-15-33-23-7-2-4-19(16-23)18-27-25(31)24-8-11-30(28-24)22-6-3-5-20(26)17-22/h2-8,11,16-17,21H,9-10,12-15,18H2,1H3,(H,27,31). The molecule has 3 aromatic rings. The molecule has 1 N–H and O–H groups in total. The summed E-state index contributed by atoms with van der Waals surface area (Å²) in [4.78, 5) is 14.9. The molecule has 4 rings (SSSR count). The van der Waals surface area contributed by atoms with Crippen molar-refractivity contribution < 1.29 is 14.3 Å². The highest BCUT2D eigenvalue weighted by atomic mass is 35.5. The van der Waals surface area contributed by atoms with Crippen LogP contribution in [0, 0.1) is 0 Å². The summed E-state index contributed by atoms with van der Waals surface area (Å²) in [5, 5.41) is 7.89. The van der Waals surface area contributed by atoms with E-state index in [4.69, 9.17) is 21.1 Å². The number of likely N-dealkylation sites (N-methyl/N-ethyl adjacent to an activating group) is 1. The van der Waals surface area contributed by atoms with Crippen LogP contribution < -0.4 is 10.1 Å². The Morgan fingerprint density at radius 3 is 2.85 bits per heavy atom. The van der Waals surface area contributed by atoms with E-state index in [1.165, 1.54) is 0 Å². The first-order valence-corrected chi connectivity index (χ1v) is 11.6. The van der Waals surface area contributed by atoms with Gasteiger partial charge in [-0.05, 0) is 61.9 Å². The SMILES string of the molecule is CN(CCOc1cccc(CNC(=O)c2ccn(-c3cccc(Cl)c3)n2)c1)C1CCOCC1. The van der Waals surface area contributed by atoms with Crippen molar-refractivity contribution in [1.29, 1.82) is 0 Å². The van der Waals surface area contributed by atoms with Gasteiger partial charge < -0.3 is 14.8 Å². The summed E-state index contributed by atoms with van der Waals surface area (Å²) in [5.41, 5.74) is 2.11. The molecule has 174 valence electrons. The number of hydrogen-bond acceptors (Lipinski definition) is 5. The molecule has 0 saturated carbocycles. The second-order valence-electron chi connectivity index (χ2n) is 8.13. The zero-order valence-electron chi connectivity index (χ0n) is 18.7. The van der Waals surface area contributed by atoms with E-state index >= 15 is 0 Å². The maximum atomic E-state index is 12.6. The molecule has 1 aromatic heterocycles. The molecule has 0 unspecified atom stereocenters. The molecule has 1 saturated heterocycles. The van der Waals surface area contributed by atoms with Gasteiger partial charge >= 0.3 is 0 Å². The van der Waals surface area contributed by atoms with Crippen LogP contribution in [-0.4, -0.2) is 60.0 Å². The van der Waals surface area contributed by atoms with Crippen LogP contribution in [0.5, 0.6) is 5.75 Å². The Bertz CT molecular complexity index is 1070. The molecule has 0 radical (unpaired) electrons. The van der Waals surface area contributed by atoms with Gasteiger partial charge in [-0.2, -0.15) is 5.10 Å². The normalized spacial score (nSPS) is 14.4. The molecule has 33 heavy (non-hydrogen) atoms. The number of carbonyl (C=O) groups is 1. The van der Waals surface area contributed by atoms with Crippen molar-refractivity contribution in [3.05, 3.63) is 77.1 Å². The second-order valence-corrected chi connectivity index (χ2v) is 8.56. The van der Waals surface area contributed by atoms with Crippen molar-refractivity contribution in [2.75, 3.05) is 33.4 Å². The van der Waals surface area contributed by atoms with E-state index in [-0.39, 0.29) is 5.91 Å². The van der Waals surface area contributed by atoms with Crippen molar-refractivity contribution in [2.45, 2.75) is 25.4 Å². The topological polar surface area (TPSA) is 68.6 Å². The number of benzene rings is 2. The van der Waals surface area contributed by atoms with Crippen molar-refractivity contribution in [3.63, 3.8) is 0 Å². The van der Waals surface area contributed by atoms with Crippen LogP contribution in [0.15, 0.2) is 60.8 Å². The van der Waals surface area contributed by atoms with E-state index < -0.39 is 0 Å². The number of hydrogen-bond donors (Lipinski definition) is 1. The van der Waals surface area contributed by atoms with Crippen molar-refractivity contribution in [3.8, 4) is 11.4 Å². The first-order valence-electron chi connectivity index (χ1n) is 11.2. The summed E-state index contributed by atoms with van der Waals surface area (Å²) < 4.78 is 13.0. The Kier molecular flexibility index (Phi) is 7.99. The monoisotopic (exact) mass is 468 g/mol. The van der Waals surface area contributed by atoms with E-state index in [0.717, 1.165) is 49.6 Å². The Hall–Kier alpha value is -2.87. The van der Waals surface area contributed by atoms with Crippen molar-refractivity contribution >= 4 is 17.5 Å². The molecule has 1 aliphatic rings. The quantitative estimate of drug-likeness (QED) is 0.515. The molecule has 0 spiro atoms. The van der Waals surface area contributed by atoms with Gasteiger partial charge in [-0.1, -0.05) is 29.8 Å². The van der Waals surface area contributed by atoms with Crippen LogP contribution in [0.4, 0.5) is 0 Å². The molecule has 1 amide bonds. The Labute approximate surface area is 199 Å². The van der Waals surface area contributed by atoms with Crippen LogP contribution in [0.1, 0.15) is 28.9 Å². The van der Waals surface area contributed by atoms with E-state index in [9.17, 15) is 4.79 Å². The summed E-state index contributed by atoms with van der Waals surface area (Å²) in [6.45, 7) is 3.54. The van der Waals surface area contributed by atoms with Crippen LogP contribution in [0.25, 0.3) is 5.69 Å². The molecule has 2 aromatic carbocycles. The van der Waals surface area contributed by atoms with Gasteiger partial charge in [0.25, 0.3) is 5.91 Å². The third kappa shape index (κ3) is 6.57. The van der Waals surface area contributed by atoms with Crippen LogP contribution in [-0.2, 0) is 11.3 Å². The lowest BCUT2D eigenvalue weighted by Crippen LogP contribution is -2.38. The number of nitrogens with zero attached hydrogens (tertiary/aromatic N) is 3. The highest BCUT2D eigenvalue weighted by Gasteiger charge is 2.18. The van der Waals surface area contributed by atoms with E-state index in [1.807, 2.05) is 36.4 Å². The first-order chi connectivity index (χ1) is 16.1. The minimum Gasteiger partial charge on any atom is -0.492 e. The van der Waals surface area contributed by atoms with Crippen molar-refractivity contribution in [1.82, 2.24) is 20.0 Å². The minimum atomic E-state index is -0.236. The lowest BCUT2D eigenvalue weighted by Gasteiger charge is -2.31. The lowest BCUT2D eigenvalue weighted by molar-refractivity contribution is 0.0392. The number of rotatable bonds is 9. The molecule has 0 bridgehead atoms. The van der Waals surface area contributed by atoms with Gasteiger partial charge in [0.05, 0.1) is 5.69 Å². The van der Waals surface area contributed by atoms with E-state index in [1.54, 1.807) is 29.1 Å². The molecule has 7 nitrogen and oxygen atoms in total. The number of ether oxygens (including phenoxy) is 2. The fourth-order valence-corrected chi connectivity index (χ4v) is 4.03. The number of nitrogens with one attached hydrogen (secondary N) is 1. The molecule has 1 fully saturated rings. The van der Waals surface area contributed by atoms with Gasteiger partial charge in [0, 0.05) is 43.6 Å². The zero-order valence-corrected chi connectivity index (χ0v) is 19.5. The smallest absolute Gasteiger partial charge is 0.272 e. The highest BCUT2D eigenvalue weighted by molar-refractivity contribution is 6.30. The largest absolute Gasteiger partial charge is 0.492 e. The van der Waals surface area contributed by atoms with Crippen molar-refractivity contribution in [2.24, 2.45) is 0 Å². The summed E-state index contributed by atoms with van der Waals surface area (Å²) in [6, 6.07) is 17.4. The van der Waals surface area contributed by atoms with Gasteiger partial charge in [-0.3, -0.25) is 9.69 Å². The zero-order chi connectivity index (χ0) is 23.0. The van der Waals surface area contributed by atoms with Gasteiger partial charge in [-0.25, -0.2) is 4.68 Å². The minimum absolute atomic E-state index is 0.236. The van der Waals surface area contributed by atoms with E-state index in [2.05, 4.69) is 22.4 Å². The molecule has 0 atom stereocenters. The predicted octanol–water partition coefficient (Wildman–Crippen LogP) is 3.95. The Morgan fingerprint density at radius 2 is 2.03 bits per heavy atom. The molecule has 0 aliphatic carbocycles. The molecular weight excluding hydrogens is 440 g/mol. The fourth-order valence-electron chi connectivity index (χ4n) is 3.84. The third-order valence-corrected chi connectivity index (χ3v) is 6.01. The molecule has 8 heteroatoms. The number of amides is 1. The van der Waals surface area contributed by atoms with Crippen LogP contribution in [0.2, 0.25) is 5.02 Å². The number of carbonyl (C=O) groups excluding carboxylic acids is 1. The number of aromatic nitrogens is 2. The third-order valence-electron chi connectivity index (χ3n) is 5.77. The molecule has 1 aliphatic heterocycles. The maximum Gasteiger partial charge on any atom is 0.272 e. The Morgan fingerprint density at radius 1 is 1.21 bits per heavy atom. The Balaban J connectivity index is 1.26. The highest BCUT2D eigenvalue weighted by Crippen LogP contribution is 2.16. The average Bonchev–Trinajstić information content (AvgIpc) is 3.34. The van der Waals surface area contributed by atoms with Crippen LogP contribution in [0.3, 0.4) is 0 Å². The second kappa shape index (κ2) is 11.3. The lowest BCUT2D eigenvalue weighted by atomic mass is 10.1. The fraction of sp³-hybridized carbons (Fsp3) is 0.360. The summed E-state index contributed by atoms with van der Waals surface area (Å²) in [7, 11) is 2.14. The number of halogens is 1. The van der Waals surface area contributed by atoms with Crippen LogP contribution >= 0.6 is 11.6 Å². The molecular formula is C25H29ClN4O3. The van der Waals surface area contributed by atoms with Gasteiger partial charge in [0.15, 0.2) is 5.69 Å². The van der Waals surface area contributed by atoms with Gasteiger partial charge in [0.1, 0.15) is 12.4 Å². The first kappa shape index (κ1) is 23.3. The van der Waals surface area contributed by atoms with E-state index in [0.29, 0.717) is 29.9 Å². The van der Waals surface area contributed by atoms with Gasteiger partial charge in [-0.15, -0.1) is 0 Å².